The van der Waals surface area contributed by atoms with Gasteiger partial charge in [-0.3, -0.25) is 4.79 Å². The number of ketones is 1. The fraction of sp³-hybridized carbons (Fsp3) is 0.400. The quantitative estimate of drug-likeness (QED) is 0.828. The van der Waals surface area contributed by atoms with Crippen molar-refractivity contribution < 1.29 is 4.79 Å². The Labute approximate surface area is 112 Å². The van der Waals surface area contributed by atoms with Crippen molar-refractivity contribution in [2.75, 3.05) is 0 Å². The maximum atomic E-state index is 11.9. The van der Waals surface area contributed by atoms with E-state index >= 15 is 0 Å². The van der Waals surface area contributed by atoms with Gasteiger partial charge in [-0.25, -0.2) is 9.97 Å². The van der Waals surface area contributed by atoms with E-state index in [1.807, 2.05) is 19.1 Å². The van der Waals surface area contributed by atoms with Crippen molar-refractivity contribution in [3.8, 4) is 0 Å². The van der Waals surface area contributed by atoms with Crippen LogP contribution in [-0.2, 0) is 13.0 Å². The van der Waals surface area contributed by atoms with Gasteiger partial charge in [0.2, 0.25) is 0 Å². The molecule has 4 nitrogen and oxygen atoms in total. The van der Waals surface area contributed by atoms with Crippen LogP contribution in [0.5, 0.6) is 0 Å². The monoisotopic (exact) mass is 255 g/mol. The van der Waals surface area contributed by atoms with Gasteiger partial charge in [-0.2, -0.15) is 0 Å². The number of carbonyl (C=O) groups is 1. The predicted molar refractivity (Wildman–Crippen MR) is 72.3 cm³/mol. The molecule has 0 bridgehead atoms. The minimum absolute atomic E-state index is 0.280. The Morgan fingerprint density at radius 1 is 1.32 bits per heavy atom. The van der Waals surface area contributed by atoms with Gasteiger partial charge in [-0.15, -0.1) is 0 Å². The third kappa shape index (κ3) is 2.18. The van der Waals surface area contributed by atoms with Gasteiger partial charge in [-0.05, 0) is 38.8 Å². The third-order valence-corrected chi connectivity index (χ3v) is 3.69. The Balaban J connectivity index is 1.99. The zero-order chi connectivity index (χ0) is 13.4. The maximum Gasteiger partial charge on any atom is 0.164 e. The van der Waals surface area contributed by atoms with Crippen LogP contribution in [0.1, 0.15) is 46.1 Å². The van der Waals surface area contributed by atoms with E-state index in [-0.39, 0.29) is 5.78 Å². The Hall–Kier alpha value is -1.97. The van der Waals surface area contributed by atoms with E-state index in [1.54, 1.807) is 6.20 Å². The van der Waals surface area contributed by atoms with E-state index in [0.29, 0.717) is 6.42 Å². The van der Waals surface area contributed by atoms with Crippen molar-refractivity contribution in [3.05, 3.63) is 46.8 Å². The molecule has 0 aromatic carbocycles. The van der Waals surface area contributed by atoms with Crippen LogP contribution in [0.25, 0.3) is 0 Å². The summed E-state index contributed by atoms with van der Waals surface area (Å²) in [4.78, 5) is 20.5. The number of aromatic nitrogens is 3. The van der Waals surface area contributed by atoms with Gasteiger partial charge in [0, 0.05) is 29.6 Å². The van der Waals surface area contributed by atoms with Gasteiger partial charge >= 0.3 is 0 Å². The third-order valence-electron chi connectivity index (χ3n) is 3.69. The van der Waals surface area contributed by atoms with Crippen LogP contribution in [0.2, 0.25) is 0 Å². The molecule has 0 fully saturated rings. The van der Waals surface area contributed by atoms with E-state index in [0.717, 1.165) is 42.2 Å². The minimum Gasteiger partial charge on any atom is -0.342 e. The fourth-order valence-electron chi connectivity index (χ4n) is 2.77. The van der Waals surface area contributed by atoms with Crippen molar-refractivity contribution in [1.82, 2.24) is 14.5 Å². The van der Waals surface area contributed by atoms with E-state index in [9.17, 15) is 4.79 Å². The van der Waals surface area contributed by atoms with Crippen LogP contribution in [-0.4, -0.2) is 20.3 Å². The lowest BCUT2D eigenvalue weighted by Crippen LogP contribution is -2.14. The summed E-state index contributed by atoms with van der Waals surface area (Å²) >= 11 is 0. The zero-order valence-electron chi connectivity index (χ0n) is 11.3. The molecular formula is C15H17N3O. The molecule has 0 amide bonds. The molecule has 3 rings (SSSR count). The molecule has 1 aliphatic rings. The lowest BCUT2D eigenvalue weighted by atomic mass is 9.96. The molecule has 0 saturated heterocycles. The summed E-state index contributed by atoms with van der Waals surface area (Å²) in [6.45, 7) is 4.67. The zero-order valence-corrected chi connectivity index (χ0v) is 11.3. The second-order valence-electron chi connectivity index (χ2n) is 5.10. The molecule has 0 radical (unpaired) electrons. The van der Waals surface area contributed by atoms with Gasteiger partial charge in [-0.1, -0.05) is 0 Å². The Morgan fingerprint density at radius 3 is 2.95 bits per heavy atom. The highest BCUT2D eigenvalue weighted by molar-refractivity contribution is 5.98. The highest BCUT2D eigenvalue weighted by atomic mass is 16.1. The van der Waals surface area contributed by atoms with Gasteiger partial charge in [0.1, 0.15) is 5.82 Å². The Morgan fingerprint density at radius 2 is 2.16 bits per heavy atom. The van der Waals surface area contributed by atoms with Gasteiger partial charge in [0.25, 0.3) is 0 Å². The number of hydrogen-bond acceptors (Lipinski definition) is 3. The van der Waals surface area contributed by atoms with Crippen LogP contribution >= 0.6 is 0 Å². The van der Waals surface area contributed by atoms with E-state index in [1.165, 1.54) is 5.69 Å². The van der Waals surface area contributed by atoms with Crippen LogP contribution in [0, 0.1) is 13.8 Å². The summed E-state index contributed by atoms with van der Waals surface area (Å²) in [6, 6.07) is 3.95. The lowest BCUT2D eigenvalue weighted by Gasteiger charge is -2.15. The van der Waals surface area contributed by atoms with Crippen molar-refractivity contribution in [2.24, 2.45) is 0 Å². The molecule has 0 N–H and O–H groups in total. The fourth-order valence-corrected chi connectivity index (χ4v) is 2.77. The van der Waals surface area contributed by atoms with Crippen LogP contribution in [0.3, 0.4) is 0 Å². The summed E-state index contributed by atoms with van der Waals surface area (Å²) < 4.78 is 2.22. The standard InChI is InChI=1S/C15H17N3O/c1-10-8-13-14(4-3-5-15(13)19)18(10)9-12-6-7-16-11(2)17-12/h6-8H,3-5,9H2,1-2H3. The number of nitrogens with zero attached hydrogens (tertiary/aromatic N) is 3. The first-order valence-electron chi connectivity index (χ1n) is 6.66. The smallest absolute Gasteiger partial charge is 0.164 e. The molecule has 2 heterocycles. The normalized spacial score (nSPS) is 14.5. The number of aryl methyl sites for hydroxylation is 2. The van der Waals surface area contributed by atoms with Gasteiger partial charge in [0.15, 0.2) is 5.78 Å². The summed E-state index contributed by atoms with van der Waals surface area (Å²) in [5.74, 6) is 1.06. The number of hydrogen-bond donors (Lipinski definition) is 0. The van der Waals surface area contributed by atoms with Crippen LogP contribution in [0.4, 0.5) is 0 Å². The minimum atomic E-state index is 0.280. The lowest BCUT2D eigenvalue weighted by molar-refractivity contribution is 0.0972. The summed E-state index contributed by atoms with van der Waals surface area (Å²) in [7, 11) is 0. The van der Waals surface area contributed by atoms with Crippen molar-refractivity contribution >= 4 is 5.78 Å². The second kappa shape index (κ2) is 4.61. The molecule has 98 valence electrons. The predicted octanol–water partition coefficient (Wildman–Crippen LogP) is 2.46. The average molecular weight is 255 g/mol. The molecule has 19 heavy (non-hydrogen) atoms. The number of carbonyl (C=O) groups excluding carboxylic acids is 1. The van der Waals surface area contributed by atoms with Gasteiger partial charge < -0.3 is 4.57 Å². The van der Waals surface area contributed by atoms with E-state index in [2.05, 4.69) is 21.5 Å². The number of rotatable bonds is 2. The summed E-state index contributed by atoms with van der Waals surface area (Å²) in [5, 5.41) is 0. The largest absolute Gasteiger partial charge is 0.342 e. The highest BCUT2D eigenvalue weighted by Gasteiger charge is 2.22. The SMILES string of the molecule is Cc1nccc(Cn2c(C)cc3c2CCCC3=O)n1. The second-order valence-corrected chi connectivity index (χ2v) is 5.10. The maximum absolute atomic E-state index is 11.9. The van der Waals surface area contributed by atoms with Crippen LogP contribution < -0.4 is 0 Å². The summed E-state index contributed by atoms with van der Waals surface area (Å²) in [5.41, 5.74) is 4.21. The molecule has 4 heteroatoms. The average Bonchev–Trinajstić information content (AvgIpc) is 2.69. The van der Waals surface area contributed by atoms with Crippen molar-refractivity contribution in [3.63, 3.8) is 0 Å². The molecule has 2 aromatic rings. The molecule has 0 aliphatic heterocycles. The molecule has 0 spiro atoms. The van der Waals surface area contributed by atoms with Crippen LogP contribution in [0.15, 0.2) is 18.3 Å². The first-order chi connectivity index (χ1) is 9.15. The first kappa shape index (κ1) is 12.1. The molecule has 0 saturated carbocycles. The Kier molecular flexibility index (Phi) is 2.93. The van der Waals surface area contributed by atoms with Crippen molar-refractivity contribution in [2.45, 2.75) is 39.7 Å². The number of Topliss-reactive ketones (excluding diaryl/α,β-unsaturated/α-hetero) is 1. The Bertz CT molecular complexity index is 643. The van der Waals surface area contributed by atoms with E-state index < -0.39 is 0 Å². The van der Waals surface area contributed by atoms with Crippen molar-refractivity contribution in [1.29, 1.82) is 0 Å². The molecule has 1 aliphatic carbocycles. The molecule has 0 unspecified atom stereocenters. The van der Waals surface area contributed by atoms with E-state index in [4.69, 9.17) is 0 Å². The summed E-state index contributed by atoms with van der Waals surface area (Å²) in [6.07, 6.45) is 4.41. The molecule has 0 atom stereocenters. The first-order valence-corrected chi connectivity index (χ1v) is 6.66. The molecular weight excluding hydrogens is 238 g/mol. The topological polar surface area (TPSA) is 47.8 Å². The number of fused-ring (bicyclic) bond motifs is 1. The molecule has 2 aromatic heterocycles. The highest BCUT2D eigenvalue weighted by Crippen LogP contribution is 2.25. The van der Waals surface area contributed by atoms with Gasteiger partial charge in [0.05, 0.1) is 12.2 Å².